The van der Waals surface area contributed by atoms with Gasteiger partial charge in [-0.05, 0) is 12.1 Å². The largest absolute Gasteiger partial charge is 0.497 e. The van der Waals surface area contributed by atoms with Gasteiger partial charge in [0.25, 0.3) is 0 Å². The quantitative estimate of drug-likeness (QED) is 0.793. The van der Waals surface area contributed by atoms with Crippen molar-refractivity contribution in [2.45, 2.75) is 6.10 Å². The fourth-order valence-corrected chi connectivity index (χ4v) is 1.91. The Morgan fingerprint density at radius 2 is 2.31 bits per heavy atom. The standard InChI is InChI=1S/C10H12O5S/c1-12-8-3-2-4-9(5-8)13-6-10-7-14-16(11)15-10/h2-5,10H,6-7H2,1H3/t10-,16+/m1/s1. The minimum Gasteiger partial charge on any atom is -0.497 e. The van der Waals surface area contributed by atoms with Crippen LogP contribution in [0.5, 0.6) is 11.5 Å². The lowest BCUT2D eigenvalue weighted by Gasteiger charge is -2.09. The Morgan fingerprint density at radius 1 is 1.50 bits per heavy atom. The van der Waals surface area contributed by atoms with E-state index >= 15 is 0 Å². The van der Waals surface area contributed by atoms with Gasteiger partial charge in [0.1, 0.15) is 24.2 Å². The SMILES string of the molecule is COc1cccc(OC[C@@H]2CO[S@](=O)O2)c1. The van der Waals surface area contributed by atoms with Crippen molar-refractivity contribution in [2.75, 3.05) is 20.3 Å². The Morgan fingerprint density at radius 3 is 3.00 bits per heavy atom. The highest BCUT2D eigenvalue weighted by atomic mass is 32.2. The molecule has 16 heavy (non-hydrogen) atoms. The van der Waals surface area contributed by atoms with E-state index in [2.05, 4.69) is 0 Å². The number of hydrogen-bond acceptors (Lipinski definition) is 5. The molecule has 88 valence electrons. The van der Waals surface area contributed by atoms with Gasteiger partial charge in [-0.2, -0.15) is 4.21 Å². The van der Waals surface area contributed by atoms with Crippen molar-refractivity contribution in [1.82, 2.24) is 0 Å². The zero-order chi connectivity index (χ0) is 11.4. The van der Waals surface area contributed by atoms with Crippen molar-refractivity contribution in [3.8, 4) is 11.5 Å². The van der Waals surface area contributed by atoms with Crippen LogP contribution >= 0.6 is 0 Å². The first-order chi connectivity index (χ1) is 7.78. The molecule has 0 bridgehead atoms. The number of ether oxygens (including phenoxy) is 2. The molecule has 1 aliphatic rings. The molecule has 0 amide bonds. The van der Waals surface area contributed by atoms with Gasteiger partial charge in [0.15, 0.2) is 0 Å². The van der Waals surface area contributed by atoms with Gasteiger partial charge in [-0.15, -0.1) is 0 Å². The Hall–Kier alpha value is -1.11. The molecule has 0 N–H and O–H groups in total. The van der Waals surface area contributed by atoms with Crippen LogP contribution in [0.15, 0.2) is 24.3 Å². The molecule has 2 rings (SSSR count). The summed E-state index contributed by atoms with van der Waals surface area (Å²) >= 11 is -1.62. The summed E-state index contributed by atoms with van der Waals surface area (Å²) in [5, 5.41) is 0. The molecule has 0 unspecified atom stereocenters. The van der Waals surface area contributed by atoms with Gasteiger partial charge in [0, 0.05) is 6.07 Å². The van der Waals surface area contributed by atoms with E-state index in [1.54, 1.807) is 13.2 Å². The number of hydrogen-bond donors (Lipinski definition) is 0. The summed E-state index contributed by atoms with van der Waals surface area (Å²) in [5.74, 6) is 1.41. The Balaban J connectivity index is 1.87. The molecule has 1 heterocycles. The molecule has 0 saturated carbocycles. The Kier molecular flexibility index (Phi) is 3.76. The first kappa shape index (κ1) is 11.4. The molecule has 0 radical (unpaired) electrons. The van der Waals surface area contributed by atoms with Gasteiger partial charge in [-0.1, -0.05) is 6.07 Å². The second kappa shape index (κ2) is 5.29. The van der Waals surface area contributed by atoms with Crippen LogP contribution in [0.2, 0.25) is 0 Å². The molecule has 1 aromatic carbocycles. The van der Waals surface area contributed by atoms with Gasteiger partial charge in [-0.25, -0.2) is 0 Å². The summed E-state index contributed by atoms with van der Waals surface area (Å²) in [6.07, 6.45) is -0.285. The van der Waals surface area contributed by atoms with Crippen LogP contribution in [0.25, 0.3) is 0 Å². The molecule has 0 spiro atoms. The zero-order valence-electron chi connectivity index (χ0n) is 8.75. The summed E-state index contributed by atoms with van der Waals surface area (Å²) in [5.41, 5.74) is 0. The van der Waals surface area contributed by atoms with Crippen molar-refractivity contribution in [1.29, 1.82) is 0 Å². The van der Waals surface area contributed by atoms with Crippen LogP contribution in [-0.2, 0) is 19.7 Å². The van der Waals surface area contributed by atoms with Crippen molar-refractivity contribution in [3.05, 3.63) is 24.3 Å². The summed E-state index contributed by atoms with van der Waals surface area (Å²) in [7, 11) is 1.59. The Labute approximate surface area is 96.1 Å². The van der Waals surface area contributed by atoms with Crippen molar-refractivity contribution in [2.24, 2.45) is 0 Å². The minimum atomic E-state index is -1.62. The lowest BCUT2D eigenvalue weighted by Crippen LogP contribution is -2.19. The second-order valence-corrected chi connectivity index (χ2v) is 4.03. The highest BCUT2D eigenvalue weighted by Gasteiger charge is 2.23. The number of rotatable bonds is 4. The normalized spacial score (nSPS) is 24.3. The van der Waals surface area contributed by atoms with Crippen molar-refractivity contribution >= 4 is 11.4 Å². The van der Waals surface area contributed by atoms with Crippen molar-refractivity contribution in [3.63, 3.8) is 0 Å². The zero-order valence-corrected chi connectivity index (χ0v) is 9.57. The molecule has 0 aromatic heterocycles. The van der Waals surface area contributed by atoms with E-state index in [1.807, 2.05) is 18.2 Å². The summed E-state index contributed by atoms with van der Waals surface area (Å²) in [4.78, 5) is 0. The van der Waals surface area contributed by atoms with Crippen LogP contribution in [0, 0.1) is 0 Å². The second-order valence-electron chi connectivity index (χ2n) is 3.20. The predicted molar refractivity (Wildman–Crippen MR) is 57.5 cm³/mol. The maximum absolute atomic E-state index is 10.8. The maximum atomic E-state index is 10.8. The maximum Gasteiger partial charge on any atom is 0.305 e. The molecule has 0 aliphatic carbocycles. The average molecular weight is 244 g/mol. The fourth-order valence-electron chi connectivity index (χ4n) is 1.25. The van der Waals surface area contributed by atoms with Gasteiger partial charge in [0.2, 0.25) is 0 Å². The van der Waals surface area contributed by atoms with Gasteiger partial charge < -0.3 is 9.47 Å². The summed E-state index contributed by atoms with van der Waals surface area (Å²) in [6.45, 7) is 0.593. The summed E-state index contributed by atoms with van der Waals surface area (Å²) < 4.78 is 31.0. The van der Waals surface area contributed by atoms with E-state index in [9.17, 15) is 4.21 Å². The third-order valence-corrected chi connectivity index (χ3v) is 2.80. The predicted octanol–water partition coefficient (Wildman–Crippen LogP) is 1.07. The molecule has 5 nitrogen and oxygen atoms in total. The number of methoxy groups -OCH3 is 1. The van der Waals surface area contributed by atoms with E-state index in [0.717, 1.165) is 5.75 Å². The molecule has 2 atom stereocenters. The first-order valence-corrected chi connectivity index (χ1v) is 5.77. The smallest absolute Gasteiger partial charge is 0.305 e. The van der Waals surface area contributed by atoms with E-state index in [1.165, 1.54) is 0 Å². The highest BCUT2D eigenvalue weighted by Crippen LogP contribution is 2.19. The lowest BCUT2D eigenvalue weighted by molar-refractivity contribution is 0.151. The third kappa shape index (κ3) is 2.94. The fraction of sp³-hybridized carbons (Fsp3) is 0.400. The molecule has 1 fully saturated rings. The van der Waals surface area contributed by atoms with E-state index in [0.29, 0.717) is 12.4 Å². The van der Waals surface area contributed by atoms with Crippen LogP contribution < -0.4 is 9.47 Å². The van der Waals surface area contributed by atoms with Crippen molar-refractivity contribution < 1.29 is 22.0 Å². The average Bonchev–Trinajstić information content (AvgIpc) is 2.73. The van der Waals surface area contributed by atoms with E-state index in [-0.39, 0.29) is 12.7 Å². The lowest BCUT2D eigenvalue weighted by atomic mass is 10.3. The molecular weight excluding hydrogens is 232 g/mol. The van der Waals surface area contributed by atoms with Crippen LogP contribution in [-0.4, -0.2) is 30.6 Å². The van der Waals surface area contributed by atoms with Gasteiger partial charge in [-0.3, -0.25) is 8.37 Å². The van der Waals surface area contributed by atoms with Crippen LogP contribution in [0.4, 0.5) is 0 Å². The van der Waals surface area contributed by atoms with Crippen LogP contribution in [0.1, 0.15) is 0 Å². The van der Waals surface area contributed by atoms with E-state index < -0.39 is 11.4 Å². The molecule has 1 aliphatic heterocycles. The molecular formula is C10H12O5S. The topological polar surface area (TPSA) is 54.0 Å². The van der Waals surface area contributed by atoms with Gasteiger partial charge >= 0.3 is 11.4 Å². The van der Waals surface area contributed by atoms with Crippen LogP contribution in [0.3, 0.4) is 0 Å². The number of benzene rings is 1. The molecule has 6 heteroatoms. The minimum absolute atomic E-state index is 0.285. The molecule has 1 saturated heterocycles. The molecule has 1 aromatic rings. The first-order valence-electron chi connectivity index (χ1n) is 4.77. The van der Waals surface area contributed by atoms with E-state index in [4.69, 9.17) is 17.8 Å². The monoisotopic (exact) mass is 244 g/mol. The summed E-state index contributed by atoms with van der Waals surface area (Å²) in [6, 6.07) is 7.25. The third-order valence-electron chi connectivity index (χ3n) is 2.04. The van der Waals surface area contributed by atoms with Gasteiger partial charge in [0.05, 0.1) is 13.7 Å². The Bertz CT molecular complexity index is 381. The highest BCUT2D eigenvalue weighted by molar-refractivity contribution is 7.75.